The van der Waals surface area contributed by atoms with E-state index < -0.39 is 0 Å². The molecule has 3 N–H and O–H groups in total. The van der Waals surface area contributed by atoms with Crippen LogP contribution >= 0.6 is 11.3 Å². The third-order valence-corrected chi connectivity index (χ3v) is 3.29. The molecule has 0 bridgehead atoms. The maximum atomic E-state index is 8.87. The van der Waals surface area contributed by atoms with Crippen molar-refractivity contribution >= 4 is 11.3 Å². The SMILES string of the molecule is NC(CCO)c1cccc(-c2ccsc2)c1. The van der Waals surface area contributed by atoms with E-state index in [2.05, 4.69) is 29.0 Å². The van der Waals surface area contributed by atoms with Gasteiger partial charge in [0.05, 0.1) is 0 Å². The zero-order chi connectivity index (χ0) is 11.4. The summed E-state index contributed by atoms with van der Waals surface area (Å²) in [5, 5.41) is 13.1. The van der Waals surface area contributed by atoms with Gasteiger partial charge >= 0.3 is 0 Å². The summed E-state index contributed by atoms with van der Waals surface area (Å²) in [5.41, 5.74) is 9.46. The fourth-order valence-electron chi connectivity index (χ4n) is 1.68. The zero-order valence-corrected chi connectivity index (χ0v) is 9.78. The average Bonchev–Trinajstić information content (AvgIpc) is 2.83. The Morgan fingerprint density at radius 1 is 1.25 bits per heavy atom. The van der Waals surface area contributed by atoms with Crippen LogP contribution in [0.4, 0.5) is 0 Å². The second-order valence-electron chi connectivity index (χ2n) is 3.76. The van der Waals surface area contributed by atoms with Crippen molar-refractivity contribution < 1.29 is 5.11 Å². The van der Waals surface area contributed by atoms with E-state index >= 15 is 0 Å². The van der Waals surface area contributed by atoms with Gasteiger partial charge in [0.25, 0.3) is 0 Å². The molecule has 0 radical (unpaired) electrons. The first-order valence-electron chi connectivity index (χ1n) is 5.30. The molecular formula is C13H15NOS. The molecule has 1 atom stereocenters. The van der Waals surface area contributed by atoms with Crippen molar-refractivity contribution in [3.8, 4) is 11.1 Å². The number of aliphatic hydroxyl groups excluding tert-OH is 1. The highest BCUT2D eigenvalue weighted by molar-refractivity contribution is 7.08. The van der Waals surface area contributed by atoms with E-state index in [1.165, 1.54) is 11.1 Å². The van der Waals surface area contributed by atoms with Crippen LogP contribution in [0, 0.1) is 0 Å². The lowest BCUT2D eigenvalue weighted by Crippen LogP contribution is -2.11. The molecule has 0 spiro atoms. The van der Waals surface area contributed by atoms with Gasteiger partial charge in [0.2, 0.25) is 0 Å². The number of nitrogens with two attached hydrogens (primary N) is 1. The van der Waals surface area contributed by atoms with Crippen LogP contribution in [0.1, 0.15) is 18.0 Å². The second kappa shape index (κ2) is 5.25. The summed E-state index contributed by atoms with van der Waals surface area (Å²) in [4.78, 5) is 0. The molecule has 2 nitrogen and oxygen atoms in total. The summed E-state index contributed by atoms with van der Waals surface area (Å²) in [7, 11) is 0. The van der Waals surface area contributed by atoms with Crippen LogP contribution in [0.3, 0.4) is 0 Å². The van der Waals surface area contributed by atoms with Gasteiger partial charge in [0.15, 0.2) is 0 Å². The van der Waals surface area contributed by atoms with E-state index in [0.29, 0.717) is 6.42 Å². The Hall–Kier alpha value is -1.16. The van der Waals surface area contributed by atoms with Crippen molar-refractivity contribution in [1.29, 1.82) is 0 Å². The molecule has 1 aromatic carbocycles. The standard InChI is InChI=1S/C13H15NOS/c14-13(4-6-15)11-3-1-2-10(8-11)12-5-7-16-9-12/h1-3,5,7-9,13,15H,4,6,14H2. The molecule has 0 aliphatic carbocycles. The summed E-state index contributed by atoms with van der Waals surface area (Å²) in [6.07, 6.45) is 0.604. The quantitative estimate of drug-likeness (QED) is 0.853. The molecule has 0 saturated heterocycles. The van der Waals surface area contributed by atoms with Crippen LogP contribution in [0.25, 0.3) is 11.1 Å². The van der Waals surface area contributed by atoms with Gasteiger partial charge in [-0.05, 0) is 46.0 Å². The van der Waals surface area contributed by atoms with E-state index in [9.17, 15) is 0 Å². The van der Waals surface area contributed by atoms with Gasteiger partial charge in [0.1, 0.15) is 0 Å². The Balaban J connectivity index is 2.26. The molecule has 3 heteroatoms. The molecule has 0 aliphatic rings. The van der Waals surface area contributed by atoms with E-state index in [1.54, 1.807) is 11.3 Å². The number of thiophene rings is 1. The predicted molar refractivity (Wildman–Crippen MR) is 68.4 cm³/mol. The van der Waals surface area contributed by atoms with E-state index in [4.69, 9.17) is 10.8 Å². The fraction of sp³-hybridized carbons (Fsp3) is 0.231. The molecule has 0 aliphatic heterocycles. The minimum atomic E-state index is -0.0800. The highest BCUT2D eigenvalue weighted by Gasteiger charge is 2.06. The lowest BCUT2D eigenvalue weighted by Gasteiger charge is -2.11. The monoisotopic (exact) mass is 233 g/mol. The highest BCUT2D eigenvalue weighted by atomic mass is 32.1. The van der Waals surface area contributed by atoms with Crippen molar-refractivity contribution in [2.45, 2.75) is 12.5 Å². The summed E-state index contributed by atoms with van der Waals surface area (Å²) in [5.74, 6) is 0. The molecule has 2 rings (SSSR count). The Kier molecular flexibility index (Phi) is 3.72. The first-order chi connectivity index (χ1) is 7.81. The molecule has 1 heterocycles. The summed E-state index contributed by atoms with van der Waals surface area (Å²) in [6.45, 7) is 0.129. The number of rotatable bonds is 4. The highest BCUT2D eigenvalue weighted by Crippen LogP contribution is 2.25. The van der Waals surface area contributed by atoms with Crippen LogP contribution in [0.15, 0.2) is 41.1 Å². The van der Waals surface area contributed by atoms with Crippen molar-refractivity contribution in [2.24, 2.45) is 5.73 Å². The minimum Gasteiger partial charge on any atom is -0.396 e. The molecule has 84 valence electrons. The maximum absolute atomic E-state index is 8.87. The summed E-state index contributed by atoms with van der Waals surface area (Å²) >= 11 is 1.69. The van der Waals surface area contributed by atoms with Crippen molar-refractivity contribution in [3.63, 3.8) is 0 Å². The molecule has 1 unspecified atom stereocenters. The zero-order valence-electron chi connectivity index (χ0n) is 8.97. The fourth-order valence-corrected chi connectivity index (χ4v) is 2.35. The maximum Gasteiger partial charge on any atom is 0.0449 e. The topological polar surface area (TPSA) is 46.2 Å². The van der Waals surface area contributed by atoms with Gasteiger partial charge in [-0.25, -0.2) is 0 Å². The number of hydrogen-bond acceptors (Lipinski definition) is 3. The molecule has 0 amide bonds. The Bertz CT molecular complexity index is 439. The van der Waals surface area contributed by atoms with Crippen molar-refractivity contribution in [2.75, 3.05) is 6.61 Å². The third kappa shape index (κ3) is 2.50. The normalized spacial score (nSPS) is 12.6. The van der Waals surface area contributed by atoms with E-state index in [0.717, 1.165) is 5.56 Å². The van der Waals surface area contributed by atoms with Crippen molar-refractivity contribution in [1.82, 2.24) is 0 Å². The largest absolute Gasteiger partial charge is 0.396 e. The first kappa shape index (κ1) is 11.3. The van der Waals surface area contributed by atoms with Crippen LogP contribution in [-0.4, -0.2) is 11.7 Å². The Labute approximate surface area is 99.4 Å². The average molecular weight is 233 g/mol. The summed E-state index contributed by atoms with van der Waals surface area (Å²) < 4.78 is 0. The number of hydrogen-bond donors (Lipinski definition) is 2. The minimum absolute atomic E-state index is 0.0800. The Morgan fingerprint density at radius 2 is 2.12 bits per heavy atom. The summed E-state index contributed by atoms with van der Waals surface area (Å²) in [6, 6.07) is 10.2. The first-order valence-corrected chi connectivity index (χ1v) is 6.24. The Morgan fingerprint density at radius 3 is 2.81 bits per heavy atom. The van der Waals surface area contributed by atoms with Crippen molar-refractivity contribution in [3.05, 3.63) is 46.7 Å². The molecule has 16 heavy (non-hydrogen) atoms. The van der Waals surface area contributed by atoms with Gasteiger partial charge in [-0.2, -0.15) is 11.3 Å². The van der Waals surface area contributed by atoms with Crippen LogP contribution in [0.2, 0.25) is 0 Å². The van der Waals surface area contributed by atoms with E-state index in [1.807, 2.05) is 12.1 Å². The van der Waals surface area contributed by atoms with Crippen LogP contribution in [0.5, 0.6) is 0 Å². The van der Waals surface area contributed by atoms with E-state index in [-0.39, 0.29) is 12.6 Å². The molecule has 0 fully saturated rings. The number of benzene rings is 1. The lowest BCUT2D eigenvalue weighted by atomic mass is 10.00. The molecule has 2 aromatic rings. The van der Waals surface area contributed by atoms with Crippen LogP contribution < -0.4 is 5.73 Å². The number of aliphatic hydroxyl groups is 1. The molecule has 1 aromatic heterocycles. The molecule has 0 saturated carbocycles. The third-order valence-electron chi connectivity index (χ3n) is 2.61. The molecular weight excluding hydrogens is 218 g/mol. The predicted octanol–water partition coefficient (Wildman–Crippen LogP) is 2.80. The lowest BCUT2D eigenvalue weighted by molar-refractivity contribution is 0.276. The smallest absolute Gasteiger partial charge is 0.0449 e. The van der Waals surface area contributed by atoms with Crippen LogP contribution in [-0.2, 0) is 0 Å². The van der Waals surface area contributed by atoms with Gasteiger partial charge in [-0.15, -0.1) is 0 Å². The van der Waals surface area contributed by atoms with Gasteiger partial charge in [-0.1, -0.05) is 18.2 Å². The second-order valence-corrected chi connectivity index (χ2v) is 4.54. The van der Waals surface area contributed by atoms with Gasteiger partial charge in [-0.3, -0.25) is 0 Å². The van der Waals surface area contributed by atoms with Gasteiger partial charge < -0.3 is 10.8 Å². The van der Waals surface area contributed by atoms with Gasteiger partial charge in [0, 0.05) is 12.6 Å².